The van der Waals surface area contributed by atoms with Crippen molar-refractivity contribution in [2.75, 3.05) is 38.0 Å². The number of halogens is 1. The zero-order chi connectivity index (χ0) is 17.7. The average molecular weight is 332 g/mol. The molecule has 24 heavy (non-hydrogen) atoms. The molecule has 0 aliphatic heterocycles. The van der Waals surface area contributed by atoms with E-state index in [2.05, 4.69) is 20.3 Å². The molecular formula is C16H21FN6O. The molecule has 1 N–H and O–H groups in total. The Kier molecular flexibility index (Phi) is 5.62. The Morgan fingerprint density at radius 3 is 2.04 bits per heavy atom. The molecule has 0 bridgehead atoms. The van der Waals surface area contributed by atoms with Crippen LogP contribution in [-0.4, -0.2) is 49.0 Å². The highest BCUT2D eigenvalue weighted by Gasteiger charge is 2.11. The third kappa shape index (κ3) is 4.87. The number of aromatic nitrogens is 3. The number of hydrogen-bond donors (Lipinski definition) is 1. The van der Waals surface area contributed by atoms with Gasteiger partial charge in [-0.3, -0.25) is 4.79 Å². The van der Waals surface area contributed by atoms with Crippen molar-refractivity contribution in [2.45, 2.75) is 13.0 Å². The fourth-order valence-corrected chi connectivity index (χ4v) is 1.90. The summed E-state index contributed by atoms with van der Waals surface area (Å²) in [6, 6.07) is 5.85. The fraction of sp³-hybridized carbons (Fsp3) is 0.375. The van der Waals surface area contributed by atoms with Gasteiger partial charge in [-0.15, -0.1) is 0 Å². The Morgan fingerprint density at radius 2 is 1.54 bits per heavy atom. The van der Waals surface area contributed by atoms with E-state index in [9.17, 15) is 9.18 Å². The van der Waals surface area contributed by atoms with Gasteiger partial charge in [-0.2, -0.15) is 15.0 Å². The van der Waals surface area contributed by atoms with E-state index in [1.54, 1.807) is 21.9 Å². The molecular weight excluding hydrogens is 311 g/mol. The Hall–Kier alpha value is -2.77. The summed E-state index contributed by atoms with van der Waals surface area (Å²) in [6.07, 6.45) is 0.173. The highest BCUT2D eigenvalue weighted by molar-refractivity contribution is 5.78. The molecule has 2 rings (SSSR count). The normalized spacial score (nSPS) is 10.4. The number of anilines is 2. The third-order valence-electron chi connectivity index (χ3n) is 3.18. The fourth-order valence-electron chi connectivity index (χ4n) is 1.90. The van der Waals surface area contributed by atoms with Crippen LogP contribution >= 0.6 is 0 Å². The molecule has 0 saturated carbocycles. The molecule has 1 amide bonds. The first-order chi connectivity index (χ1) is 11.3. The van der Waals surface area contributed by atoms with E-state index >= 15 is 0 Å². The minimum atomic E-state index is -0.322. The molecule has 0 atom stereocenters. The predicted octanol–water partition coefficient (Wildman–Crippen LogP) is 1.00. The summed E-state index contributed by atoms with van der Waals surface area (Å²) in [5, 5.41) is 2.77. The smallest absolute Gasteiger partial charge is 0.229 e. The van der Waals surface area contributed by atoms with Gasteiger partial charge in [0.2, 0.25) is 17.8 Å². The molecule has 0 saturated heterocycles. The standard InChI is InChI=1S/C16H21FN6O/c1-22(2)15-19-13(20-16(21-15)23(3)4)10-18-14(24)9-11-5-7-12(17)8-6-11/h5-8H,9-10H2,1-4H3,(H,18,24). The molecule has 0 radical (unpaired) electrons. The molecule has 0 spiro atoms. The number of carbonyl (C=O) groups is 1. The number of nitrogens with one attached hydrogen (secondary N) is 1. The van der Waals surface area contributed by atoms with Crippen molar-refractivity contribution in [1.82, 2.24) is 20.3 Å². The van der Waals surface area contributed by atoms with Gasteiger partial charge in [0.25, 0.3) is 0 Å². The second kappa shape index (κ2) is 7.67. The minimum Gasteiger partial charge on any atom is -0.349 e. The molecule has 0 aliphatic rings. The second-order valence-electron chi connectivity index (χ2n) is 5.72. The second-order valence-corrected chi connectivity index (χ2v) is 5.72. The number of amides is 1. The first-order valence-corrected chi connectivity index (χ1v) is 7.46. The van der Waals surface area contributed by atoms with Crippen molar-refractivity contribution in [3.63, 3.8) is 0 Å². The molecule has 2 aromatic rings. The highest BCUT2D eigenvalue weighted by Crippen LogP contribution is 2.10. The highest BCUT2D eigenvalue weighted by atomic mass is 19.1. The van der Waals surface area contributed by atoms with Crippen LogP contribution in [0.2, 0.25) is 0 Å². The van der Waals surface area contributed by atoms with E-state index in [0.717, 1.165) is 5.56 Å². The molecule has 7 nitrogen and oxygen atoms in total. The van der Waals surface area contributed by atoms with Crippen LogP contribution in [0.25, 0.3) is 0 Å². The van der Waals surface area contributed by atoms with Crippen molar-refractivity contribution in [2.24, 2.45) is 0 Å². The maximum Gasteiger partial charge on any atom is 0.229 e. The maximum atomic E-state index is 12.9. The van der Waals surface area contributed by atoms with Crippen LogP contribution in [0.3, 0.4) is 0 Å². The van der Waals surface area contributed by atoms with Gasteiger partial charge >= 0.3 is 0 Å². The van der Waals surface area contributed by atoms with Crippen molar-refractivity contribution >= 4 is 17.8 Å². The van der Waals surface area contributed by atoms with Gasteiger partial charge < -0.3 is 15.1 Å². The van der Waals surface area contributed by atoms with Crippen LogP contribution < -0.4 is 15.1 Å². The zero-order valence-electron chi connectivity index (χ0n) is 14.2. The van der Waals surface area contributed by atoms with Gasteiger partial charge in [0, 0.05) is 28.2 Å². The van der Waals surface area contributed by atoms with Crippen molar-refractivity contribution in [3.05, 3.63) is 41.5 Å². The lowest BCUT2D eigenvalue weighted by Crippen LogP contribution is -2.27. The monoisotopic (exact) mass is 332 g/mol. The van der Waals surface area contributed by atoms with E-state index in [-0.39, 0.29) is 24.7 Å². The summed E-state index contributed by atoms with van der Waals surface area (Å²) >= 11 is 0. The largest absolute Gasteiger partial charge is 0.349 e. The number of nitrogens with zero attached hydrogens (tertiary/aromatic N) is 5. The molecule has 1 aromatic carbocycles. The zero-order valence-corrected chi connectivity index (χ0v) is 14.2. The lowest BCUT2D eigenvalue weighted by molar-refractivity contribution is -0.120. The molecule has 128 valence electrons. The van der Waals surface area contributed by atoms with Gasteiger partial charge in [-0.25, -0.2) is 4.39 Å². The van der Waals surface area contributed by atoms with Crippen molar-refractivity contribution < 1.29 is 9.18 Å². The van der Waals surface area contributed by atoms with E-state index in [0.29, 0.717) is 17.7 Å². The summed E-state index contributed by atoms with van der Waals surface area (Å²) in [5.41, 5.74) is 0.743. The van der Waals surface area contributed by atoms with Crippen LogP contribution in [0.1, 0.15) is 11.4 Å². The maximum absolute atomic E-state index is 12.9. The summed E-state index contributed by atoms with van der Waals surface area (Å²) in [5.74, 6) is 1.02. The number of carbonyl (C=O) groups excluding carboxylic acids is 1. The third-order valence-corrected chi connectivity index (χ3v) is 3.18. The van der Waals surface area contributed by atoms with Crippen LogP contribution in [0.5, 0.6) is 0 Å². The Balaban J connectivity index is 2.02. The first kappa shape index (κ1) is 17.6. The van der Waals surface area contributed by atoms with Gasteiger partial charge in [0.1, 0.15) is 5.82 Å². The molecule has 0 aliphatic carbocycles. The Bertz CT molecular complexity index is 676. The SMILES string of the molecule is CN(C)c1nc(CNC(=O)Cc2ccc(F)cc2)nc(N(C)C)n1. The molecule has 1 aromatic heterocycles. The van der Waals surface area contributed by atoms with Crippen molar-refractivity contribution in [1.29, 1.82) is 0 Å². The average Bonchev–Trinajstić information content (AvgIpc) is 2.54. The van der Waals surface area contributed by atoms with Gasteiger partial charge in [-0.1, -0.05) is 12.1 Å². The first-order valence-electron chi connectivity index (χ1n) is 7.46. The molecule has 1 heterocycles. The molecule has 0 fully saturated rings. The molecule has 8 heteroatoms. The van der Waals surface area contributed by atoms with E-state index in [1.165, 1.54) is 12.1 Å². The van der Waals surface area contributed by atoms with Crippen molar-refractivity contribution in [3.8, 4) is 0 Å². The number of benzene rings is 1. The summed E-state index contributed by atoms with van der Waals surface area (Å²) in [7, 11) is 7.36. The summed E-state index contributed by atoms with van der Waals surface area (Å²) in [6.45, 7) is 0.199. The van der Waals surface area contributed by atoms with E-state index in [4.69, 9.17) is 0 Å². The topological polar surface area (TPSA) is 74.2 Å². The predicted molar refractivity (Wildman–Crippen MR) is 90.4 cm³/mol. The lowest BCUT2D eigenvalue weighted by Gasteiger charge is -2.16. The van der Waals surface area contributed by atoms with E-state index in [1.807, 2.05) is 28.2 Å². The number of rotatable bonds is 6. The quantitative estimate of drug-likeness (QED) is 0.851. The van der Waals surface area contributed by atoms with Crippen LogP contribution in [0.4, 0.5) is 16.3 Å². The Labute approximate surface area is 140 Å². The molecule has 0 unspecified atom stereocenters. The van der Waals surface area contributed by atoms with Crippen LogP contribution in [0, 0.1) is 5.82 Å². The van der Waals surface area contributed by atoms with Crippen LogP contribution in [0.15, 0.2) is 24.3 Å². The Morgan fingerprint density at radius 1 is 1.00 bits per heavy atom. The summed E-state index contributed by atoms with van der Waals surface area (Å²) < 4.78 is 12.9. The van der Waals surface area contributed by atoms with Gasteiger partial charge in [-0.05, 0) is 17.7 Å². The summed E-state index contributed by atoms with van der Waals surface area (Å²) in [4.78, 5) is 28.5. The lowest BCUT2D eigenvalue weighted by atomic mass is 10.1. The van der Waals surface area contributed by atoms with Gasteiger partial charge in [0.05, 0.1) is 13.0 Å². The van der Waals surface area contributed by atoms with Crippen LogP contribution in [-0.2, 0) is 17.8 Å². The van der Waals surface area contributed by atoms with E-state index < -0.39 is 0 Å². The number of hydrogen-bond acceptors (Lipinski definition) is 6. The minimum absolute atomic E-state index is 0.173. The van der Waals surface area contributed by atoms with Gasteiger partial charge in [0.15, 0.2) is 5.82 Å².